The molecule has 0 spiro atoms. The van der Waals surface area contributed by atoms with Crippen molar-refractivity contribution in [2.75, 3.05) is 6.54 Å². The van der Waals surface area contributed by atoms with E-state index in [1.807, 2.05) is 37.4 Å². The zero-order chi connectivity index (χ0) is 15.9. The normalized spacial score (nSPS) is 13.6. The minimum Gasteiger partial charge on any atom is -0.355 e. The first kappa shape index (κ1) is 17.0. The van der Waals surface area contributed by atoms with E-state index in [0.29, 0.717) is 12.5 Å². The maximum absolute atomic E-state index is 12.3. The summed E-state index contributed by atoms with van der Waals surface area (Å²) in [6.07, 6.45) is 1.01. The van der Waals surface area contributed by atoms with Gasteiger partial charge in [-0.3, -0.25) is 4.79 Å². The molecule has 2 rings (SSSR count). The number of thioether (sulfide) groups is 1. The topological polar surface area (TPSA) is 42.0 Å². The average Bonchev–Trinajstić information content (AvgIpc) is 2.93. The van der Waals surface area contributed by atoms with Crippen LogP contribution >= 0.6 is 23.1 Å². The largest absolute Gasteiger partial charge is 0.355 e. The van der Waals surface area contributed by atoms with Crippen molar-refractivity contribution in [2.45, 2.75) is 42.7 Å². The molecule has 2 aromatic rings. The second-order valence-corrected chi connectivity index (χ2v) is 7.72. The molecular weight excluding hydrogens is 312 g/mol. The number of carbonyl (C=O) groups is 1. The Morgan fingerprint density at radius 3 is 2.68 bits per heavy atom. The lowest BCUT2D eigenvalue weighted by molar-refractivity contribution is -0.120. The summed E-state index contributed by atoms with van der Waals surface area (Å²) < 4.78 is 0.954. The van der Waals surface area contributed by atoms with Crippen LogP contribution in [0.5, 0.6) is 0 Å². The van der Waals surface area contributed by atoms with Gasteiger partial charge >= 0.3 is 0 Å². The Morgan fingerprint density at radius 1 is 1.36 bits per heavy atom. The van der Waals surface area contributed by atoms with Gasteiger partial charge < -0.3 is 5.32 Å². The zero-order valence-electron chi connectivity index (χ0n) is 13.2. The molecule has 3 nitrogen and oxygen atoms in total. The highest BCUT2D eigenvalue weighted by Gasteiger charge is 2.17. The van der Waals surface area contributed by atoms with Gasteiger partial charge in [0.2, 0.25) is 5.91 Å². The number of hydrogen-bond donors (Lipinski definition) is 1. The van der Waals surface area contributed by atoms with E-state index < -0.39 is 0 Å². The van der Waals surface area contributed by atoms with E-state index in [1.54, 1.807) is 11.3 Å². The standard InChI is InChI=1S/C17H22N2OS2/c1-4-14(15-8-6-5-7-9-15)10-18-16(20)13(3)22-17-19-12(2)11-21-17/h5-9,11,13-14H,4,10H2,1-3H3,(H,18,20)/t13-,14+/m1/s1. The SMILES string of the molecule is CC[C@@H](CNC(=O)[C@@H](C)Sc1nc(C)cs1)c1ccccc1. The van der Waals surface area contributed by atoms with Gasteiger partial charge in [0.15, 0.2) is 4.34 Å². The van der Waals surface area contributed by atoms with Crippen LogP contribution in [0.15, 0.2) is 40.1 Å². The third-order valence-electron chi connectivity index (χ3n) is 3.53. The molecule has 0 fully saturated rings. The molecular formula is C17H22N2OS2. The molecule has 0 saturated heterocycles. The minimum absolute atomic E-state index is 0.0761. The van der Waals surface area contributed by atoms with Crippen LogP contribution in [0.1, 0.15) is 37.4 Å². The number of rotatable bonds is 7. The predicted molar refractivity (Wildman–Crippen MR) is 94.7 cm³/mol. The fourth-order valence-corrected chi connectivity index (χ4v) is 4.19. The molecule has 0 aliphatic heterocycles. The van der Waals surface area contributed by atoms with Crippen molar-refractivity contribution in [3.8, 4) is 0 Å². The van der Waals surface area contributed by atoms with Crippen LogP contribution in [0.25, 0.3) is 0 Å². The molecule has 0 saturated carbocycles. The van der Waals surface area contributed by atoms with Crippen LogP contribution in [-0.2, 0) is 4.79 Å². The van der Waals surface area contributed by atoms with Gasteiger partial charge in [-0.2, -0.15) is 0 Å². The molecule has 0 radical (unpaired) electrons. The van der Waals surface area contributed by atoms with E-state index in [2.05, 4.69) is 29.4 Å². The molecule has 1 heterocycles. The molecule has 1 N–H and O–H groups in total. The van der Waals surface area contributed by atoms with Gasteiger partial charge in [-0.15, -0.1) is 11.3 Å². The highest BCUT2D eigenvalue weighted by molar-refractivity contribution is 8.02. The molecule has 22 heavy (non-hydrogen) atoms. The number of hydrogen-bond acceptors (Lipinski definition) is 4. The Balaban J connectivity index is 1.85. The van der Waals surface area contributed by atoms with Crippen LogP contribution in [-0.4, -0.2) is 22.7 Å². The third kappa shape index (κ3) is 4.85. The number of amides is 1. The first-order chi connectivity index (χ1) is 10.6. The number of nitrogens with zero attached hydrogens (tertiary/aromatic N) is 1. The second kappa shape index (κ2) is 8.34. The van der Waals surface area contributed by atoms with Gasteiger partial charge in [0.25, 0.3) is 0 Å². The summed E-state index contributed by atoms with van der Waals surface area (Å²) >= 11 is 3.12. The summed E-state index contributed by atoms with van der Waals surface area (Å²) in [6, 6.07) is 10.4. The number of aromatic nitrogens is 1. The van der Waals surface area contributed by atoms with Crippen molar-refractivity contribution in [3.05, 3.63) is 47.0 Å². The summed E-state index contributed by atoms with van der Waals surface area (Å²) in [6.45, 7) is 6.73. The average molecular weight is 335 g/mol. The summed E-state index contributed by atoms with van der Waals surface area (Å²) in [5, 5.41) is 4.96. The summed E-state index contributed by atoms with van der Waals surface area (Å²) in [5.74, 6) is 0.441. The van der Waals surface area contributed by atoms with Gasteiger partial charge in [-0.05, 0) is 25.8 Å². The summed E-state index contributed by atoms with van der Waals surface area (Å²) in [4.78, 5) is 16.6. The first-order valence-corrected chi connectivity index (χ1v) is 9.27. The molecule has 118 valence electrons. The van der Waals surface area contributed by atoms with Crippen molar-refractivity contribution < 1.29 is 4.79 Å². The molecule has 1 amide bonds. The van der Waals surface area contributed by atoms with Crippen LogP contribution in [0.2, 0.25) is 0 Å². The molecule has 0 bridgehead atoms. The minimum atomic E-state index is -0.126. The lowest BCUT2D eigenvalue weighted by Gasteiger charge is -2.17. The van der Waals surface area contributed by atoms with Gasteiger partial charge in [-0.1, -0.05) is 49.0 Å². The van der Waals surface area contributed by atoms with Crippen molar-refractivity contribution in [1.29, 1.82) is 0 Å². The van der Waals surface area contributed by atoms with Crippen LogP contribution in [0.3, 0.4) is 0 Å². The van der Waals surface area contributed by atoms with E-state index in [1.165, 1.54) is 17.3 Å². The Morgan fingerprint density at radius 2 is 2.09 bits per heavy atom. The number of carbonyl (C=O) groups excluding carboxylic acids is 1. The molecule has 1 aromatic heterocycles. The second-order valence-electron chi connectivity index (χ2n) is 5.28. The Kier molecular flexibility index (Phi) is 6.46. The predicted octanol–water partition coefficient (Wildman–Crippen LogP) is 4.24. The summed E-state index contributed by atoms with van der Waals surface area (Å²) in [7, 11) is 0. The van der Waals surface area contributed by atoms with Crippen LogP contribution < -0.4 is 5.32 Å². The maximum Gasteiger partial charge on any atom is 0.233 e. The Labute approximate surface area is 140 Å². The van der Waals surface area contributed by atoms with Crippen molar-refractivity contribution in [3.63, 3.8) is 0 Å². The number of nitrogens with one attached hydrogen (secondary N) is 1. The fourth-order valence-electron chi connectivity index (χ4n) is 2.18. The Hall–Kier alpha value is -1.33. The monoisotopic (exact) mass is 334 g/mol. The first-order valence-electron chi connectivity index (χ1n) is 7.51. The Bertz CT molecular complexity index is 598. The number of thiazole rings is 1. The van der Waals surface area contributed by atoms with Crippen molar-refractivity contribution in [1.82, 2.24) is 10.3 Å². The van der Waals surface area contributed by atoms with Gasteiger partial charge in [0.05, 0.1) is 5.25 Å². The van der Waals surface area contributed by atoms with Crippen molar-refractivity contribution >= 4 is 29.0 Å². The molecule has 5 heteroatoms. The number of benzene rings is 1. The van der Waals surface area contributed by atoms with Gasteiger partial charge in [0.1, 0.15) is 0 Å². The quantitative estimate of drug-likeness (QED) is 0.770. The fraction of sp³-hybridized carbons (Fsp3) is 0.412. The smallest absolute Gasteiger partial charge is 0.233 e. The molecule has 2 atom stereocenters. The van der Waals surface area contributed by atoms with E-state index in [4.69, 9.17) is 0 Å². The summed E-state index contributed by atoms with van der Waals surface area (Å²) in [5.41, 5.74) is 2.29. The van der Waals surface area contributed by atoms with E-state index in [-0.39, 0.29) is 11.2 Å². The van der Waals surface area contributed by atoms with E-state index in [0.717, 1.165) is 16.5 Å². The molecule has 1 aromatic carbocycles. The highest BCUT2D eigenvalue weighted by atomic mass is 32.2. The van der Waals surface area contributed by atoms with Gasteiger partial charge in [-0.25, -0.2) is 4.98 Å². The van der Waals surface area contributed by atoms with Crippen LogP contribution in [0, 0.1) is 6.92 Å². The van der Waals surface area contributed by atoms with E-state index >= 15 is 0 Å². The third-order valence-corrected chi connectivity index (χ3v) is 5.72. The molecule has 0 aliphatic rings. The molecule has 0 unspecified atom stereocenters. The van der Waals surface area contributed by atoms with E-state index in [9.17, 15) is 4.79 Å². The zero-order valence-corrected chi connectivity index (χ0v) is 14.8. The van der Waals surface area contributed by atoms with Crippen molar-refractivity contribution in [2.24, 2.45) is 0 Å². The lowest BCUT2D eigenvalue weighted by atomic mass is 9.96. The lowest BCUT2D eigenvalue weighted by Crippen LogP contribution is -2.34. The number of aryl methyl sites for hydroxylation is 1. The maximum atomic E-state index is 12.3. The van der Waals surface area contributed by atoms with Crippen LogP contribution in [0.4, 0.5) is 0 Å². The van der Waals surface area contributed by atoms with Gasteiger partial charge in [0, 0.05) is 23.5 Å². The highest BCUT2D eigenvalue weighted by Crippen LogP contribution is 2.26. The molecule has 0 aliphatic carbocycles.